The van der Waals surface area contributed by atoms with Crippen LogP contribution in [0.4, 0.5) is 5.69 Å². The van der Waals surface area contributed by atoms with E-state index >= 15 is 0 Å². The average Bonchev–Trinajstić information content (AvgIpc) is 2.54. The van der Waals surface area contributed by atoms with E-state index in [1.165, 1.54) is 13.0 Å². The lowest BCUT2D eigenvalue weighted by molar-refractivity contribution is -0.387. The van der Waals surface area contributed by atoms with Gasteiger partial charge in [-0.25, -0.2) is 8.42 Å². The first kappa shape index (κ1) is 22.1. The Morgan fingerprint density at radius 3 is 2.54 bits per heavy atom. The van der Waals surface area contributed by atoms with Crippen molar-refractivity contribution in [3.05, 3.63) is 45.0 Å². The predicted octanol–water partition coefficient (Wildman–Crippen LogP) is 3.16. The van der Waals surface area contributed by atoms with Crippen LogP contribution in [-0.2, 0) is 19.6 Å². The molecular formula is C16H21ClN2O6S. The maximum absolute atomic E-state index is 13.1. The van der Waals surface area contributed by atoms with E-state index in [0.29, 0.717) is 0 Å². The molecule has 0 aliphatic rings. The number of rotatable bonds is 8. The number of ether oxygens (including phenoxy) is 1. The Morgan fingerprint density at radius 2 is 2.04 bits per heavy atom. The number of nitro benzene ring substituents is 1. The molecular weight excluding hydrogens is 384 g/mol. The fraction of sp³-hybridized carbons (Fsp3) is 0.438. The van der Waals surface area contributed by atoms with E-state index in [1.54, 1.807) is 26.8 Å². The molecule has 0 radical (unpaired) electrons. The van der Waals surface area contributed by atoms with E-state index in [-0.39, 0.29) is 18.2 Å². The highest BCUT2D eigenvalue weighted by Gasteiger charge is 2.37. The van der Waals surface area contributed by atoms with Crippen molar-refractivity contribution in [2.24, 2.45) is 0 Å². The van der Waals surface area contributed by atoms with Crippen LogP contribution >= 0.6 is 11.6 Å². The van der Waals surface area contributed by atoms with Crippen LogP contribution < -0.4 is 0 Å². The van der Waals surface area contributed by atoms with Crippen LogP contribution in [-0.4, -0.2) is 42.8 Å². The second-order valence-corrected chi connectivity index (χ2v) is 7.95. The Labute approximate surface area is 157 Å². The number of esters is 1. The highest BCUT2D eigenvalue weighted by molar-refractivity contribution is 7.89. The highest BCUT2D eigenvalue weighted by Crippen LogP contribution is 2.30. The molecule has 1 atom stereocenters. The van der Waals surface area contributed by atoms with Crippen molar-refractivity contribution in [1.82, 2.24) is 4.31 Å². The number of nitrogens with zero attached hydrogens (tertiary/aromatic N) is 2. The second kappa shape index (κ2) is 9.11. The lowest BCUT2D eigenvalue weighted by Crippen LogP contribution is -2.44. The van der Waals surface area contributed by atoms with Crippen molar-refractivity contribution < 1.29 is 22.9 Å². The van der Waals surface area contributed by atoms with Gasteiger partial charge in [0.2, 0.25) is 0 Å². The Hall–Kier alpha value is -1.97. The fourth-order valence-corrected chi connectivity index (χ4v) is 4.03. The summed E-state index contributed by atoms with van der Waals surface area (Å²) in [6.07, 6.45) is 1.60. The van der Waals surface area contributed by atoms with Gasteiger partial charge in [0.05, 0.1) is 11.5 Å². The summed E-state index contributed by atoms with van der Waals surface area (Å²) < 4.78 is 32.0. The van der Waals surface area contributed by atoms with E-state index in [1.807, 2.05) is 0 Å². The summed E-state index contributed by atoms with van der Waals surface area (Å²) in [5, 5.41) is 11.3. The van der Waals surface area contributed by atoms with Gasteiger partial charge < -0.3 is 4.74 Å². The number of halogens is 1. The number of carbonyl (C=O) groups is 1. The van der Waals surface area contributed by atoms with E-state index in [2.05, 4.69) is 0 Å². The molecule has 1 aromatic rings. The molecule has 0 amide bonds. The van der Waals surface area contributed by atoms with Crippen LogP contribution in [0.2, 0.25) is 5.02 Å². The molecule has 10 heteroatoms. The zero-order chi connectivity index (χ0) is 20.1. The largest absolute Gasteiger partial charge is 0.465 e. The lowest BCUT2D eigenvalue weighted by Gasteiger charge is -2.26. The molecule has 0 N–H and O–H groups in total. The molecule has 0 saturated heterocycles. The summed E-state index contributed by atoms with van der Waals surface area (Å²) in [7, 11) is -4.40. The Bertz CT molecular complexity index is 818. The summed E-state index contributed by atoms with van der Waals surface area (Å²) in [4.78, 5) is 22.0. The van der Waals surface area contributed by atoms with Gasteiger partial charge in [-0.15, -0.1) is 0 Å². The van der Waals surface area contributed by atoms with Gasteiger partial charge in [-0.1, -0.05) is 23.3 Å². The Kier molecular flexibility index (Phi) is 7.73. The average molecular weight is 405 g/mol. The Morgan fingerprint density at radius 1 is 1.42 bits per heavy atom. The SMILES string of the molecule is CCOC(=O)C(C)N(CC=C(C)C)S(=O)(=O)c1cc(Cl)ccc1[N+](=O)[O-]. The van der Waals surface area contributed by atoms with E-state index < -0.39 is 37.5 Å². The molecule has 1 unspecified atom stereocenters. The number of benzene rings is 1. The minimum absolute atomic E-state index is 0.0279. The summed E-state index contributed by atoms with van der Waals surface area (Å²) in [5.74, 6) is -0.747. The molecule has 144 valence electrons. The number of sulfonamides is 1. The van der Waals surface area contributed by atoms with Crippen LogP contribution in [0.1, 0.15) is 27.7 Å². The first-order valence-electron chi connectivity index (χ1n) is 7.78. The molecule has 1 aromatic carbocycles. The number of nitro groups is 1. The molecule has 0 aliphatic heterocycles. The topological polar surface area (TPSA) is 107 Å². The van der Waals surface area contributed by atoms with Gasteiger partial charge in [-0.2, -0.15) is 4.31 Å². The van der Waals surface area contributed by atoms with E-state index in [0.717, 1.165) is 22.0 Å². The van der Waals surface area contributed by atoms with Crippen molar-refractivity contribution >= 4 is 33.3 Å². The first-order chi connectivity index (χ1) is 12.0. The second-order valence-electron chi connectivity index (χ2n) is 5.65. The van der Waals surface area contributed by atoms with Crippen molar-refractivity contribution in [2.75, 3.05) is 13.2 Å². The van der Waals surface area contributed by atoms with Gasteiger partial charge >= 0.3 is 5.97 Å². The molecule has 0 heterocycles. The normalized spacial score (nSPS) is 12.5. The van der Waals surface area contributed by atoms with Crippen molar-refractivity contribution in [3.8, 4) is 0 Å². The third-order valence-electron chi connectivity index (χ3n) is 3.44. The van der Waals surface area contributed by atoms with Gasteiger partial charge in [0.1, 0.15) is 6.04 Å². The standard InChI is InChI=1S/C16H21ClN2O6S/c1-5-25-16(20)12(4)18(9-8-11(2)3)26(23,24)15-10-13(17)6-7-14(15)19(21)22/h6-8,10,12H,5,9H2,1-4H3. The maximum atomic E-state index is 13.1. The minimum atomic E-state index is -4.40. The minimum Gasteiger partial charge on any atom is -0.465 e. The molecule has 0 bridgehead atoms. The maximum Gasteiger partial charge on any atom is 0.324 e. The highest BCUT2D eigenvalue weighted by atomic mass is 35.5. The monoisotopic (exact) mass is 404 g/mol. The summed E-state index contributed by atoms with van der Waals surface area (Å²) in [6, 6.07) is 2.08. The van der Waals surface area contributed by atoms with Gasteiger partial charge in [0, 0.05) is 17.6 Å². The van der Waals surface area contributed by atoms with Crippen LogP contribution in [0.3, 0.4) is 0 Å². The quantitative estimate of drug-likeness (QED) is 0.285. The molecule has 0 fully saturated rings. The number of allylic oxidation sites excluding steroid dienone is 1. The van der Waals surface area contributed by atoms with Gasteiger partial charge in [-0.3, -0.25) is 14.9 Å². The van der Waals surface area contributed by atoms with Gasteiger partial charge in [0.15, 0.2) is 4.90 Å². The molecule has 26 heavy (non-hydrogen) atoms. The van der Waals surface area contributed by atoms with Crippen LogP contribution in [0, 0.1) is 10.1 Å². The van der Waals surface area contributed by atoms with Gasteiger partial charge in [0.25, 0.3) is 15.7 Å². The van der Waals surface area contributed by atoms with Crippen molar-refractivity contribution in [3.63, 3.8) is 0 Å². The molecule has 0 saturated carbocycles. The summed E-state index contributed by atoms with van der Waals surface area (Å²) >= 11 is 5.84. The number of carbonyl (C=O) groups excluding carboxylic acids is 1. The molecule has 0 spiro atoms. The van der Waals surface area contributed by atoms with Crippen molar-refractivity contribution in [1.29, 1.82) is 0 Å². The van der Waals surface area contributed by atoms with Crippen LogP contribution in [0.15, 0.2) is 34.7 Å². The Balaban J connectivity index is 3.53. The van der Waals surface area contributed by atoms with Gasteiger partial charge in [-0.05, 0) is 39.8 Å². The molecule has 0 aromatic heterocycles. The number of hydrogen-bond donors (Lipinski definition) is 0. The zero-order valence-corrected chi connectivity index (χ0v) is 16.5. The first-order valence-corrected chi connectivity index (χ1v) is 9.60. The van der Waals surface area contributed by atoms with E-state index in [9.17, 15) is 23.3 Å². The predicted molar refractivity (Wildman–Crippen MR) is 97.5 cm³/mol. The summed E-state index contributed by atoms with van der Waals surface area (Å²) in [5.41, 5.74) is 0.203. The van der Waals surface area contributed by atoms with Crippen LogP contribution in [0.25, 0.3) is 0 Å². The number of hydrogen-bond acceptors (Lipinski definition) is 6. The fourth-order valence-electron chi connectivity index (χ4n) is 2.09. The lowest BCUT2D eigenvalue weighted by atomic mass is 10.3. The van der Waals surface area contributed by atoms with Crippen molar-refractivity contribution in [2.45, 2.75) is 38.6 Å². The molecule has 8 nitrogen and oxygen atoms in total. The zero-order valence-electron chi connectivity index (χ0n) is 14.9. The molecule has 0 aliphatic carbocycles. The smallest absolute Gasteiger partial charge is 0.324 e. The summed E-state index contributed by atoms with van der Waals surface area (Å²) in [6.45, 7) is 6.43. The van der Waals surface area contributed by atoms with Crippen LogP contribution in [0.5, 0.6) is 0 Å². The van der Waals surface area contributed by atoms with E-state index in [4.69, 9.17) is 16.3 Å². The third-order valence-corrected chi connectivity index (χ3v) is 5.65. The third kappa shape index (κ3) is 5.26. The molecule has 1 rings (SSSR count).